The first-order chi connectivity index (χ1) is 13.3. The van der Waals surface area contributed by atoms with E-state index >= 15 is 0 Å². The van der Waals surface area contributed by atoms with E-state index in [-0.39, 0.29) is 25.0 Å². The first kappa shape index (κ1) is 18.0. The second-order valence-electron chi connectivity index (χ2n) is 9.89. The molecule has 0 spiro atoms. The van der Waals surface area contributed by atoms with E-state index in [9.17, 15) is 9.59 Å². The Balaban J connectivity index is 1.47. The molecule has 6 heteroatoms. The van der Waals surface area contributed by atoms with Gasteiger partial charge in [0.25, 0.3) is 0 Å². The summed E-state index contributed by atoms with van der Waals surface area (Å²) in [5.41, 5.74) is 1.37. The van der Waals surface area contributed by atoms with E-state index in [0.717, 1.165) is 18.0 Å². The van der Waals surface area contributed by atoms with Gasteiger partial charge < -0.3 is 13.7 Å². The van der Waals surface area contributed by atoms with Crippen LogP contribution in [0.15, 0.2) is 36.3 Å². The molecule has 2 bridgehead atoms. The highest BCUT2D eigenvalue weighted by molar-refractivity contribution is 6.71. The molecule has 1 aromatic rings. The number of nitrogens with zero attached hydrogens (tertiary/aromatic N) is 1. The van der Waals surface area contributed by atoms with Crippen molar-refractivity contribution in [2.24, 2.45) is 23.2 Å². The van der Waals surface area contributed by atoms with Crippen molar-refractivity contribution in [1.82, 2.24) is 0 Å². The topological polar surface area (TPSA) is 52.6 Å². The molecule has 0 N–H and O–H groups in total. The number of fused-ring (bicyclic) bond motifs is 3. The Hall–Kier alpha value is -2.08. The SMILES string of the molecule is CC1(C)C2C[C@H]1CCC2C[N+]12CC(=O)O[B-]1(C=Cc1ccccc1)OC(=O)C2. The summed E-state index contributed by atoms with van der Waals surface area (Å²) in [6.45, 7) is 3.88. The summed E-state index contributed by atoms with van der Waals surface area (Å²) < 4.78 is 11.9. The second kappa shape index (κ2) is 5.96. The predicted molar refractivity (Wildman–Crippen MR) is 106 cm³/mol. The lowest BCUT2D eigenvalue weighted by Crippen LogP contribution is -2.66. The largest absolute Gasteiger partial charge is 0.607 e. The number of rotatable bonds is 4. The molecule has 0 amide bonds. The zero-order valence-corrected chi connectivity index (χ0v) is 16.7. The smallest absolute Gasteiger partial charge is 0.596 e. The van der Waals surface area contributed by atoms with Crippen LogP contribution in [-0.4, -0.2) is 42.7 Å². The summed E-state index contributed by atoms with van der Waals surface area (Å²) >= 11 is 0. The van der Waals surface area contributed by atoms with Crippen LogP contribution < -0.4 is 0 Å². The third-order valence-electron chi connectivity index (χ3n) is 8.18. The van der Waals surface area contributed by atoms with Crippen molar-refractivity contribution in [1.29, 1.82) is 0 Å². The summed E-state index contributed by atoms with van der Waals surface area (Å²) in [6.07, 6.45) is 5.63. The Labute approximate surface area is 166 Å². The van der Waals surface area contributed by atoms with Crippen LogP contribution in [0, 0.1) is 23.2 Å². The molecular weight excluding hydrogens is 353 g/mol. The number of benzene rings is 1. The Morgan fingerprint density at radius 3 is 2.39 bits per heavy atom. The molecule has 0 aromatic heterocycles. The van der Waals surface area contributed by atoms with E-state index in [2.05, 4.69) is 13.8 Å². The number of carbonyl (C=O) groups excluding carboxylic acids is 2. The number of carbonyl (C=O) groups is 2. The number of quaternary nitrogens is 1. The molecule has 5 fully saturated rings. The van der Waals surface area contributed by atoms with Crippen molar-refractivity contribution in [3.05, 3.63) is 41.9 Å². The standard InChI is InChI=1S/C22H28BNO4/c1-22(2)18-9-8-17(19(22)12-18)13-24-14-20(25)27-23(24,28-21(26)15-24)11-10-16-6-4-3-5-7-16/h3-7,10-11,17-19H,8-9,12-15H2,1-2H3/t17?,18-,19?,23?,24?/m1/s1. The minimum atomic E-state index is -2.14. The Bertz CT molecular complexity index is 827. The third kappa shape index (κ3) is 2.50. The molecule has 0 radical (unpaired) electrons. The van der Waals surface area contributed by atoms with Crippen LogP contribution in [0.25, 0.3) is 6.08 Å². The molecule has 2 unspecified atom stereocenters. The molecule has 2 saturated heterocycles. The number of hydrogen-bond acceptors (Lipinski definition) is 4. The van der Waals surface area contributed by atoms with E-state index in [1.807, 2.05) is 42.4 Å². The predicted octanol–water partition coefficient (Wildman–Crippen LogP) is 3.18. The molecule has 2 aliphatic heterocycles. The van der Waals surface area contributed by atoms with Gasteiger partial charge in [-0.2, -0.15) is 0 Å². The van der Waals surface area contributed by atoms with Gasteiger partial charge in [0.2, 0.25) is 0 Å². The molecule has 3 atom stereocenters. The lowest BCUT2D eigenvalue weighted by molar-refractivity contribution is -0.819. The molecule has 148 valence electrons. The Kier molecular flexibility index (Phi) is 3.83. The van der Waals surface area contributed by atoms with Gasteiger partial charge in [-0.1, -0.05) is 56.2 Å². The van der Waals surface area contributed by atoms with Crippen molar-refractivity contribution in [3.8, 4) is 0 Å². The zero-order valence-electron chi connectivity index (χ0n) is 16.7. The lowest BCUT2D eigenvalue weighted by Gasteiger charge is -2.61. The molecule has 28 heavy (non-hydrogen) atoms. The molecule has 3 aliphatic carbocycles. The maximum Gasteiger partial charge on any atom is 0.607 e. The normalized spacial score (nSPS) is 40.7. The van der Waals surface area contributed by atoms with Crippen molar-refractivity contribution < 1.29 is 23.3 Å². The summed E-state index contributed by atoms with van der Waals surface area (Å²) in [4.78, 5) is 24.8. The van der Waals surface area contributed by atoms with Gasteiger partial charge in [0, 0.05) is 12.5 Å². The fraction of sp³-hybridized carbons (Fsp3) is 0.545. The minimum absolute atomic E-state index is 0.234. The summed E-state index contributed by atoms with van der Waals surface area (Å²) in [7, 11) is 0. The molecule has 6 rings (SSSR count). The Morgan fingerprint density at radius 2 is 1.79 bits per heavy atom. The van der Waals surface area contributed by atoms with Gasteiger partial charge in [0.15, 0.2) is 0 Å². The van der Waals surface area contributed by atoms with Gasteiger partial charge in [-0.15, -0.1) is 0 Å². The first-order valence-electron chi connectivity index (χ1n) is 10.5. The second-order valence-corrected chi connectivity index (χ2v) is 9.89. The first-order valence-corrected chi connectivity index (χ1v) is 10.5. The molecule has 2 heterocycles. The molecule has 5 aliphatic rings. The maximum absolute atomic E-state index is 12.4. The van der Waals surface area contributed by atoms with Crippen LogP contribution in [0.3, 0.4) is 0 Å². The van der Waals surface area contributed by atoms with Gasteiger partial charge in [-0.25, -0.2) is 0 Å². The zero-order chi connectivity index (χ0) is 19.6. The average Bonchev–Trinajstić information content (AvgIpc) is 3.05. The molecule has 5 nitrogen and oxygen atoms in total. The Morgan fingerprint density at radius 1 is 1.11 bits per heavy atom. The van der Waals surface area contributed by atoms with Crippen molar-refractivity contribution in [2.45, 2.75) is 33.1 Å². The van der Waals surface area contributed by atoms with E-state index in [4.69, 9.17) is 9.31 Å². The van der Waals surface area contributed by atoms with Gasteiger partial charge >= 0.3 is 18.6 Å². The molecule has 1 aromatic carbocycles. The van der Waals surface area contributed by atoms with E-state index < -0.39 is 6.69 Å². The van der Waals surface area contributed by atoms with Crippen LogP contribution in [0.1, 0.15) is 38.7 Å². The molecular formula is C22H28BNO4. The number of hydrogen-bond donors (Lipinski definition) is 0. The lowest BCUT2D eigenvalue weighted by atomic mass is 9.45. The van der Waals surface area contributed by atoms with Crippen LogP contribution in [0.2, 0.25) is 0 Å². The third-order valence-corrected chi connectivity index (χ3v) is 8.18. The van der Waals surface area contributed by atoms with Crippen molar-refractivity contribution >= 4 is 24.7 Å². The van der Waals surface area contributed by atoms with Crippen LogP contribution in [-0.2, 0) is 18.9 Å². The van der Waals surface area contributed by atoms with Crippen LogP contribution >= 0.6 is 0 Å². The minimum Gasteiger partial charge on any atom is -0.596 e. The monoisotopic (exact) mass is 381 g/mol. The summed E-state index contributed by atoms with van der Waals surface area (Å²) in [5.74, 6) is 3.34. The van der Waals surface area contributed by atoms with E-state index in [0.29, 0.717) is 21.6 Å². The van der Waals surface area contributed by atoms with E-state index in [1.54, 1.807) is 0 Å². The fourth-order valence-corrected chi connectivity index (χ4v) is 6.51. The summed E-state index contributed by atoms with van der Waals surface area (Å²) in [6, 6.07) is 9.87. The maximum atomic E-state index is 12.4. The van der Waals surface area contributed by atoms with Gasteiger partial charge in [0.05, 0.1) is 0 Å². The van der Waals surface area contributed by atoms with Crippen LogP contribution in [0.4, 0.5) is 0 Å². The summed E-state index contributed by atoms with van der Waals surface area (Å²) in [5, 5.41) is 0. The highest BCUT2D eigenvalue weighted by Gasteiger charge is 2.67. The van der Waals surface area contributed by atoms with Crippen molar-refractivity contribution in [2.75, 3.05) is 19.6 Å². The fourth-order valence-electron chi connectivity index (χ4n) is 6.51. The van der Waals surface area contributed by atoms with Gasteiger partial charge in [-0.05, 0) is 42.1 Å². The van der Waals surface area contributed by atoms with E-state index in [1.165, 1.54) is 19.3 Å². The van der Waals surface area contributed by atoms with Crippen LogP contribution in [0.5, 0.6) is 0 Å². The average molecular weight is 381 g/mol. The highest BCUT2D eigenvalue weighted by atomic mass is 16.7. The quantitative estimate of drug-likeness (QED) is 0.752. The molecule has 3 saturated carbocycles. The van der Waals surface area contributed by atoms with Crippen molar-refractivity contribution in [3.63, 3.8) is 0 Å². The van der Waals surface area contributed by atoms with Gasteiger partial charge in [-0.3, -0.25) is 9.59 Å². The van der Waals surface area contributed by atoms with Gasteiger partial charge in [0.1, 0.15) is 13.1 Å². The highest BCUT2D eigenvalue weighted by Crippen LogP contribution is 2.62.